The van der Waals surface area contributed by atoms with Gasteiger partial charge in [0.05, 0.1) is 6.07 Å². The lowest BCUT2D eigenvalue weighted by atomic mass is 10.1. The number of nitriles is 1. The number of nitrogens with one attached hydrogen (secondary N) is 1. The summed E-state index contributed by atoms with van der Waals surface area (Å²) < 4.78 is 0. The van der Waals surface area contributed by atoms with Gasteiger partial charge in [-0.15, -0.1) is 0 Å². The van der Waals surface area contributed by atoms with E-state index in [4.69, 9.17) is 5.26 Å². The molecule has 1 fully saturated rings. The van der Waals surface area contributed by atoms with Gasteiger partial charge in [0.2, 0.25) is 0 Å². The van der Waals surface area contributed by atoms with E-state index in [1.807, 2.05) is 18.7 Å². The zero-order valence-corrected chi connectivity index (χ0v) is 10.9. The molecule has 0 heterocycles. The monoisotopic (exact) mass is 226 g/mol. The molecule has 0 radical (unpaired) electrons. The Bertz CT molecular complexity index is 230. The second-order valence-electron chi connectivity index (χ2n) is 5.10. The molecular weight excluding hydrogens is 204 g/mol. The van der Waals surface area contributed by atoms with Gasteiger partial charge in [-0.25, -0.2) is 0 Å². The lowest BCUT2D eigenvalue weighted by Crippen LogP contribution is -2.44. The van der Waals surface area contributed by atoms with Gasteiger partial charge in [-0.2, -0.15) is 17.0 Å². The zero-order chi connectivity index (χ0) is 11.3. The first-order valence-electron chi connectivity index (χ1n) is 5.82. The van der Waals surface area contributed by atoms with Crippen molar-refractivity contribution in [2.24, 2.45) is 5.92 Å². The van der Waals surface area contributed by atoms with Gasteiger partial charge < -0.3 is 0 Å². The van der Waals surface area contributed by atoms with E-state index < -0.39 is 0 Å². The van der Waals surface area contributed by atoms with Crippen LogP contribution in [0, 0.1) is 17.2 Å². The molecule has 1 N–H and O–H groups in total. The molecule has 0 aromatic rings. The molecule has 2 nitrogen and oxygen atoms in total. The van der Waals surface area contributed by atoms with E-state index >= 15 is 0 Å². The average molecular weight is 226 g/mol. The quantitative estimate of drug-likeness (QED) is 0.678. The van der Waals surface area contributed by atoms with Crippen molar-refractivity contribution in [3.05, 3.63) is 0 Å². The highest BCUT2D eigenvalue weighted by Crippen LogP contribution is 2.24. The van der Waals surface area contributed by atoms with Gasteiger partial charge in [0.25, 0.3) is 0 Å². The summed E-state index contributed by atoms with van der Waals surface area (Å²) >= 11 is 1.90. The Kier molecular flexibility index (Phi) is 4.95. The van der Waals surface area contributed by atoms with Crippen LogP contribution in [0.15, 0.2) is 0 Å². The van der Waals surface area contributed by atoms with Gasteiger partial charge in [-0.3, -0.25) is 5.32 Å². The normalized spacial score (nSPS) is 19.9. The van der Waals surface area contributed by atoms with Crippen molar-refractivity contribution in [1.82, 2.24) is 5.32 Å². The highest BCUT2D eigenvalue weighted by Gasteiger charge is 2.32. The molecule has 1 aliphatic carbocycles. The molecule has 1 saturated carbocycles. The van der Waals surface area contributed by atoms with Gasteiger partial charge in [0.15, 0.2) is 0 Å². The molecular formula is C12H22N2S. The van der Waals surface area contributed by atoms with E-state index in [0.29, 0.717) is 6.04 Å². The molecule has 0 saturated heterocycles. The standard InChI is InChI=1S/C12H22N2S/c1-10(2)6-7-15-9-12(3,8-13)14-11-4-5-11/h10-11,14H,4-7,9H2,1-3H3. The van der Waals surface area contributed by atoms with Gasteiger partial charge in [-0.1, -0.05) is 13.8 Å². The maximum Gasteiger partial charge on any atom is 0.113 e. The van der Waals surface area contributed by atoms with Crippen molar-refractivity contribution in [2.75, 3.05) is 11.5 Å². The second-order valence-corrected chi connectivity index (χ2v) is 6.20. The molecule has 1 rings (SSSR count). The van der Waals surface area contributed by atoms with Gasteiger partial charge in [0, 0.05) is 11.8 Å². The Morgan fingerprint density at radius 2 is 2.20 bits per heavy atom. The van der Waals surface area contributed by atoms with E-state index in [1.165, 1.54) is 25.0 Å². The van der Waals surface area contributed by atoms with Crippen LogP contribution < -0.4 is 5.32 Å². The van der Waals surface area contributed by atoms with Gasteiger partial charge in [0.1, 0.15) is 5.54 Å². The maximum absolute atomic E-state index is 9.14. The molecule has 86 valence electrons. The summed E-state index contributed by atoms with van der Waals surface area (Å²) in [7, 11) is 0. The molecule has 3 heteroatoms. The molecule has 0 aromatic heterocycles. The van der Waals surface area contributed by atoms with Crippen molar-refractivity contribution in [1.29, 1.82) is 5.26 Å². The van der Waals surface area contributed by atoms with E-state index in [9.17, 15) is 0 Å². The summed E-state index contributed by atoms with van der Waals surface area (Å²) in [5.74, 6) is 2.84. The Morgan fingerprint density at radius 3 is 2.67 bits per heavy atom. The number of hydrogen-bond acceptors (Lipinski definition) is 3. The molecule has 0 aromatic carbocycles. The number of nitrogens with zero attached hydrogens (tertiary/aromatic N) is 1. The van der Waals surface area contributed by atoms with Gasteiger partial charge in [-0.05, 0) is 37.9 Å². The fraction of sp³-hybridized carbons (Fsp3) is 0.917. The number of thioether (sulfide) groups is 1. The van der Waals surface area contributed by atoms with Crippen LogP contribution in [0.4, 0.5) is 0 Å². The van der Waals surface area contributed by atoms with Crippen LogP contribution in [0.1, 0.15) is 40.0 Å². The zero-order valence-electron chi connectivity index (χ0n) is 10.0. The first kappa shape index (κ1) is 12.9. The van der Waals surface area contributed by atoms with Crippen molar-refractivity contribution in [2.45, 2.75) is 51.6 Å². The van der Waals surface area contributed by atoms with Crippen LogP contribution in [0.5, 0.6) is 0 Å². The molecule has 15 heavy (non-hydrogen) atoms. The molecule has 0 aliphatic heterocycles. The van der Waals surface area contributed by atoms with Crippen molar-refractivity contribution >= 4 is 11.8 Å². The predicted molar refractivity (Wildman–Crippen MR) is 67.0 cm³/mol. The Balaban J connectivity index is 2.17. The minimum Gasteiger partial charge on any atom is -0.296 e. The minimum atomic E-state index is -0.317. The van der Waals surface area contributed by atoms with E-state index in [1.54, 1.807) is 0 Å². The summed E-state index contributed by atoms with van der Waals surface area (Å²) in [6.07, 6.45) is 3.73. The highest BCUT2D eigenvalue weighted by atomic mass is 32.2. The van der Waals surface area contributed by atoms with Crippen molar-refractivity contribution < 1.29 is 0 Å². The van der Waals surface area contributed by atoms with E-state index in [2.05, 4.69) is 25.2 Å². The lowest BCUT2D eigenvalue weighted by Gasteiger charge is -2.22. The minimum absolute atomic E-state index is 0.317. The molecule has 0 spiro atoms. The topological polar surface area (TPSA) is 35.8 Å². The third kappa shape index (κ3) is 5.44. The fourth-order valence-electron chi connectivity index (χ4n) is 1.38. The Hall–Kier alpha value is -0.200. The average Bonchev–Trinajstić information content (AvgIpc) is 2.96. The summed E-state index contributed by atoms with van der Waals surface area (Å²) in [4.78, 5) is 0. The summed E-state index contributed by atoms with van der Waals surface area (Å²) in [5.41, 5.74) is -0.317. The lowest BCUT2D eigenvalue weighted by molar-refractivity contribution is 0.490. The SMILES string of the molecule is CC(C)CCSCC(C)(C#N)NC1CC1. The van der Waals surface area contributed by atoms with Crippen LogP contribution in [-0.2, 0) is 0 Å². The van der Waals surface area contributed by atoms with Crippen molar-refractivity contribution in [3.63, 3.8) is 0 Å². The third-order valence-electron chi connectivity index (χ3n) is 2.58. The predicted octanol–water partition coefficient (Wildman–Crippen LogP) is 2.80. The van der Waals surface area contributed by atoms with E-state index in [0.717, 1.165) is 11.7 Å². The van der Waals surface area contributed by atoms with E-state index in [-0.39, 0.29) is 5.54 Å². The summed E-state index contributed by atoms with van der Waals surface area (Å²) in [5, 5.41) is 12.6. The molecule has 0 bridgehead atoms. The first-order valence-corrected chi connectivity index (χ1v) is 6.98. The second kappa shape index (κ2) is 5.77. The fourth-order valence-corrected chi connectivity index (χ4v) is 2.72. The number of rotatable bonds is 7. The van der Waals surface area contributed by atoms with Crippen LogP contribution >= 0.6 is 11.8 Å². The highest BCUT2D eigenvalue weighted by molar-refractivity contribution is 7.99. The summed E-state index contributed by atoms with van der Waals surface area (Å²) in [6, 6.07) is 3.02. The van der Waals surface area contributed by atoms with Crippen LogP contribution in [0.2, 0.25) is 0 Å². The van der Waals surface area contributed by atoms with Crippen LogP contribution in [0.3, 0.4) is 0 Å². The summed E-state index contributed by atoms with van der Waals surface area (Å²) in [6.45, 7) is 6.51. The van der Waals surface area contributed by atoms with Gasteiger partial charge >= 0.3 is 0 Å². The Morgan fingerprint density at radius 1 is 1.53 bits per heavy atom. The molecule has 1 unspecified atom stereocenters. The Labute approximate surface area is 97.8 Å². The molecule has 1 atom stereocenters. The third-order valence-corrected chi connectivity index (χ3v) is 3.88. The largest absolute Gasteiger partial charge is 0.296 e. The van der Waals surface area contributed by atoms with Crippen LogP contribution in [-0.4, -0.2) is 23.1 Å². The molecule has 1 aliphatic rings. The number of hydrogen-bond donors (Lipinski definition) is 1. The first-order chi connectivity index (χ1) is 7.06. The van der Waals surface area contributed by atoms with Crippen LogP contribution in [0.25, 0.3) is 0 Å². The smallest absolute Gasteiger partial charge is 0.113 e. The maximum atomic E-state index is 9.14. The van der Waals surface area contributed by atoms with Crippen molar-refractivity contribution in [3.8, 4) is 6.07 Å². The molecule has 0 amide bonds.